The van der Waals surface area contributed by atoms with Crippen molar-refractivity contribution in [1.82, 2.24) is 4.98 Å². The molecule has 4 nitrogen and oxygen atoms in total. The summed E-state index contributed by atoms with van der Waals surface area (Å²) < 4.78 is 28.7. The lowest BCUT2D eigenvalue weighted by Crippen LogP contribution is -2.15. The van der Waals surface area contributed by atoms with Crippen LogP contribution in [-0.2, 0) is 16.4 Å². The van der Waals surface area contributed by atoms with Crippen molar-refractivity contribution >= 4 is 38.4 Å². The molecule has 3 aromatic rings. The Hall–Kier alpha value is -1.70. The lowest BCUT2D eigenvalue weighted by molar-refractivity contribution is 0.601. The molecule has 25 heavy (non-hydrogen) atoms. The van der Waals surface area contributed by atoms with Gasteiger partial charge in [-0.1, -0.05) is 25.1 Å². The summed E-state index contributed by atoms with van der Waals surface area (Å²) in [7, 11) is -3.64. The van der Waals surface area contributed by atoms with Gasteiger partial charge >= 0.3 is 0 Å². The SMILES string of the molecule is CCc1cccc(C)c1NS(=O)(=O)c1cc(-c2nc(C)cs2)sc1C. The highest BCUT2D eigenvalue weighted by atomic mass is 32.2. The molecular weight excluding hydrogens is 372 g/mol. The minimum Gasteiger partial charge on any atom is -0.279 e. The Labute approximate surface area is 156 Å². The van der Waals surface area contributed by atoms with Crippen LogP contribution in [-0.4, -0.2) is 13.4 Å². The van der Waals surface area contributed by atoms with Crippen LogP contribution in [0.4, 0.5) is 5.69 Å². The third kappa shape index (κ3) is 3.63. The molecule has 3 rings (SSSR count). The van der Waals surface area contributed by atoms with Crippen LogP contribution in [0.1, 0.15) is 28.6 Å². The number of benzene rings is 1. The van der Waals surface area contributed by atoms with E-state index in [2.05, 4.69) is 9.71 Å². The maximum atomic E-state index is 13.0. The fourth-order valence-electron chi connectivity index (χ4n) is 2.66. The summed E-state index contributed by atoms with van der Waals surface area (Å²) >= 11 is 2.99. The first-order valence-corrected chi connectivity index (χ1v) is 11.1. The van der Waals surface area contributed by atoms with Gasteiger partial charge in [0.2, 0.25) is 0 Å². The van der Waals surface area contributed by atoms with Crippen molar-refractivity contribution in [2.24, 2.45) is 0 Å². The number of hydrogen-bond acceptors (Lipinski definition) is 5. The van der Waals surface area contributed by atoms with Gasteiger partial charge in [0.25, 0.3) is 10.0 Å². The Kier molecular flexibility index (Phi) is 4.99. The number of thiophene rings is 1. The molecule has 0 atom stereocenters. The van der Waals surface area contributed by atoms with Crippen molar-refractivity contribution in [3.8, 4) is 9.88 Å². The second-order valence-corrected chi connectivity index (χ2v) is 9.66. The van der Waals surface area contributed by atoms with Crippen LogP contribution in [0.25, 0.3) is 9.88 Å². The molecule has 7 heteroatoms. The van der Waals surface area contributed by atoms with Crippen molar-refractivity contribution in [2.75, 3.05) is 4.72 Å². The number of sulfonamides is 1. The lowest BCUT2D eigenvalue weighted by atomic mass is 10.1. The fraction of sp³-hybridized carbons (Fsp3) is 0.278. The van der Waals surface area contributed by atoms with Gasteiger partial charge in [-0.15, -0.1) is 22.7 Å². The van der Waals surface area contributed by atoms with E-state index in [1.54, 1.807) is 6.07 Å². The third-order valence-corrected chi connectivity index (χ3v) is 7.75. The zero-order valence-electron chi connectivity index (χ0n) is 14.6. The molecule has 0 spiro atoms. The highest BCUT2D eigenvalue weighted by Crippen LogP contribution is 2.36. The molecule has 0 radical (unpaired) electrons. The summed E-state index contributed by atoms with van der Waals surface area (Å²) in [5, 5.41) is 2.83. The number of nitrogens with one attached hydrogen (secondary N) is 1. The van der Waals surface area contributed by atoms with Crippen LogP contribution in [0.5, 0.6) is 0 Å². The van der Waals surface area contributed by atoms with Crippen molar-refractivity contribution in [2.45, 2.75) is 39.0 Å². The fourth-order valence-corrected chi connectivity index (χ4v) is 6.29. The average Bonchev–Trinajstić information content (AvgIpc) is 3.15. The number of nitrogens with zero attached hydrogens (tertiary/aromatic N) is 1. The van der Waals surface area contributed by atoms with Crippen LogP contribution in [0.15, 0.2) is 34.5 Å². The number of aryl methyl sites for hydroxylation is 4. The Bertz CT molecular complexity index is 1020. The molecular formula is C18H20N2O2S3. The summed E-state index contributed by atoms with van der Waals surface area (Å²) in [5.41, 5.74) is 3.54. The maximum absolute atomic E-state index is 13.0. The smallest absolute Gasteiger partial charge is 0.263 e. The number of hydrogen-bond donors (Lipinski definition) is 1. The molecule has 0 aliphatic rings. The molecule has 0 fully saturated rings. The molecule has 0 unspecified atom stereocenters. The van der Waals surface area contributed by atoms with E-state index in [-0.39, 0.29) is 0 Å². The van der Waals surface area contributed by atoms with Crippen LogP contribution >= 0.6 is 22.7 Å². The Morgan fingerprint density at radius 1 is 1.20 bits per heavy atom. The molecule has 1 N–H and O–H groups in total. The third-order valence-electron chi connectivity index (χ3n) is 3.97. The summed E-state index contributed by atoms with van der Waals surface area (Å²) in [6.45, 7) is 7.71. The predicted octanol–water partition coefficient (Wildman–Crippen LogP) is 5.16. The number of rotatable bonds is 5. The minimum absolute atomic E-state index is 0.325. The lowest BCUT2D eigenvalue weighted by Gasteiger charge is -2.14. The van der Waals surface area contributed by atoms with E-state index in [0.29, 0.717) is 10.6 Å². The van der Waals surface area contributed by atoms with Gasteiger partial charge in [0.1, 0.15) is 9.90 Å². The van der Waals surface area contributed by atoms with Gasteiger partial charge in [-0.3, -0.25) is 4.72 Å². The van der Waals surface area contributed by atoms with Gasteiger partial charge in [0.15, 0.2) is 0 Å². The second-order valence-electron chi connectivity index (χ2n) is 5.89. The second kappa shape index (κ2) is 6.90. The molecule has 0 saturated heterocycles. The molecule has 0 bridgehead atoms. The summed E-state index contributed by atoms with van der Waals surface area (Å²) in [5.74, 6) is 0. The summed E-state index contributed by atoms with van der Waals surface area (Å²) in [6, 6.07) is 7.55. The molecule has 2 aromatic heterocycles. The average molecular weight is 393 g/mol. The van der Waals surface area contributed by atoms with Crippen molar-refractivity contribution < 1.29 is 8.42 Å². The highest BCUT2D eigenvalue weighted by molar-refractivity contribution is 7.93. The molecule has 132 valence electrons. The van der Waals surface area contributed by atoms with Crippen LogP contribution in [0.2, 0.25) is 0 Å². The van der Waals surface area contributed by atoms with Gasteiger partial charge in [0.05, 0.1) is 10.6 Å². The monoisotopic (exact) mass is 392 g/mol. The maximum Gasteiger partial charge on any atom is 0.263 e. The van der Waals surface area contributed by atoms with Crippen molar-refractivity contribution in [3.63, 3.8) is 0 Å². The minimum atomic E-state index is -3.64. The van der Waals surface area contributed by atoms with Gasteiger partial charge < -0.3 is 0 Å². The van der Waals surface area contributed by atoms with E-state index in [1.807, 2.05) is 51.3 Å². The van der Waals surface area contributed by atoms with Gasteiger partial charge in [-0.05, 0) is 44.4 Å². The molecule has 0 amide bonds. The molecule has 0 aliphatic heterocycles. The van der Waals surface area contributed by atoms with Gasteiger partial charge in [-0.2, -0.15) is 0 Å². The van der Waals surface area contributed by atoms with E-state index in [4.69, 9.17) is 0 Å². The van der Waals surface area contributed by atoms with Gasteiger partial charge in [-0.25, -0.2) is 13.4 Å². The Morgan fingerprint density at radius 3 is 2.60 bits per heavy atom. The number of para-hydroxylation sites is 1. The topological polar surface area (TPSA) is 59.1 Å². The van der Waals surface area contributed by atoms with Crippen molar-refractivity contribution in [1.29, 1.82) is 0 Å². The zero-order chi connectivity index (χ0) is 18.2. The largest absolute Gasteiger partial charge is 0.279 e. The van der Waals surface area contributed by atoms with Crippen LogP contribution < -0.4 is 4.72 Å². The van der Waals surface area contributed by atoms with E-state index in [9.17, 15) is 8.42 Å². The summed E-state index contributed by atoms with van der Waals surface area (Å²) in [4.78, 5) is 6.43. The van der Waals surface area contributed by atoms with Crippen LogP contribution in [0, 0.1) is 20.8 Å². The van der Waals surface area contributed by atoms with Gasteiger partial charge in [0, 0.05) is 16.0 Å². The predicted molar refractivity (Wildman–Crippen MR) is 106 cm³/mol. The quantitative estimate of drug-likeness (QED) is 0.652. The highest BCUT2D eigenvalue weighted by Gasteiger charge is 2.23. The molecule has 0 saturated carbocycles. The van der Waals surface area contributed by atoms with Crippen molar-refractivity contribution in [3.05, 3.63) is 51.3 Å². The van der Waals surface area contributed by atoms with E-state index in [0.717, 1.165) is 38.0 Å². The van der Waals surface area contributed by atoms with E-state index >= 15 is 0 Å². The molecule has 0 aliphatic carbocycles. The Morgan fingerprint density at radius 2 is 1.96 bits per heavy atom. The number of thiazole rings is 1. The standard InChI is InChI=1S/C18H20N2O2S3/c1-5-14-8-6-7-11(2)17(14)20-25(21,22)16-9-15(24-13(16)4)18-19-12(3)10-23-18/h6-10,20H,5H2,1-4H3. The Balaban J connectivity index is 2.00. The van der Waals surface area contributed by atoms with Crippen LogP contribution in [0.3, 0.4) is 0 Å². The normalized spacial score (nSPS) is 11.7. The molecule has 2 heterocycles. The van der Waals surface area contributed by atoms with E-state index < -0.39 is 10.0 Å². The summed E-state index contributed by atoms with van der Waals surface area (Å²) in [6.07, 6.45) is 0.770. The zero-order valence-corrected chi connectivity index (χ0v) is 17.0. The first-order chi connectivity index (χ1) is 11.8. The number of aromatic nitrogens is 1. The first kappa shape index (κ1) is 18.1. The van der Waals surface area contributed by atoms with E-state index in [1.165, 1.54) is 22.7 Å². The number of anilines is 1. The molecule has 1 aromatic carbocycles. The first-order valence-electron chi connectivity index (χ1n) is 7.96.